The van der Waals surface area contributed by atoms with Gasteiger partial charge in [-0.1, -0.05) is 11.3 Å². The lowest BCUT2D eigenvalue weighted by Crippen LogP contribution is -1.96. The van der Waals surface area contributed by atoms with Gasteiger partial charge in [0.2, 0.25) is 0 Å². The van der Waals surface area contributed by atoms with Crippen molar-refractivity contribution >= 4 is 33.1 Å². The molecule has 8 nitrogen and oxygen atoms in total. The van der Waals surface area contributed by atoms with Gasteiger partial charge in [-0.25, -0.2) is 4.79 Å². The van der Waals surface area contributed by atoms with Crippen LogP contribution in [0.5, 0.6) is 11.6 Å². The summed E-state index contributed by atoms with van der Waals surface area (Å²) in [5, 5.41) is 13.7. The highest BCUT2D eigenvalue weighted by Gasteiger charge is 2.25. The molecule has 0 amide bonds. The fourth-order valence-corrected chi connectivity index (χ4v) is 2.91. The minimum absolute atomic E-state index is 0.112. The molecular weight excluding hydrogens is 322 g/mol. The van der Waals surface area contributed by atoms with Crippen LogP contribution in [0.3, 0.4) is 0 Å². The third-order valence-electron chi connectivity index (χ3n) is 3.19. The van der Waals surface area contributed by atoms with E-state index in [9.17, 15) is 14.9 Å². The van der Waals surface area contributed by atoms with Gasteiger partial charge in [0, 0.05) is 22.9 Å². The second-order valence-electron chi connectivity index (χ2n) is 4.61. The van der Waals surface area contributed by atoms with Crippen molar-refractivity contribution < 1.29 is 14.1 Å². The highest BCUT2D eigenvalue weighted by Crippen LogP contribution is 2.34. The molecule has 1 aromatic carbocycles. The molecule has 0 saturated heterocycles. The molecule has 3 aromatic heterocycles. The second kappa shape index (κ2) is 4.92. The summed E-state index contributed by atoms with van der Waals surface area (Å²) in [4.78, 5) is 26.5. The first-order chi connectivity index (χ1) is 11.1. The Bertz CT molecular complexity index is 1110. The molecule has 0 N–H and O–H groups in total. The number of nitrogens with zero attached hydrogens (tertiary/aromatic N) is 3. The fourth-order valence-electron chi connectivity index (χ4n) is 2.20. The maximum Gasteiger partial charge on any atom is 0.393 e. The van der Waals surface area contributed by atoms with Crippen molar-refractivity contribution in [3.63, 3.8) is 0 Å². The van der Waals surface area contributed by atoms with Gasteiger partial charge >= 0.3 is 17.3 Å². The number of aromatic nitrogens is 2. The SMILES string of the molecule is O=c1ccc2ccc(Oc3nc4sccn4c3[N+](=O)[O-])cc2o1. The zero-order valence-electron chi connectivity index (χ0n) is 11.3. The van der Waals surface area contributed by atoms with E-state index in [1.54, 1.807) is 29.8 Å². The maximum atomic E-state index is 11.3. The highest BCUT2D eigenvalue weighted by molar-refractivity contribution is 7.15. The van der Waals surface area contributed by atoms with Gasteiger partial charge in [0.1, 0.15) is 17.5 Å². The van der Waals surface area contributed by atoms with Crippen LogP contribution in [0.1, 0.15) is 0 Å². The number of nitro groups is 1. The maximum absolute atomic E-state index is 11.3. The van der Waals surface area contributed by atoms with Crippen LogP contribution in [0, 0.1) is 10.1 Å². The van der Waals surface area contributed by atoms with E-state index in [4.69, 9.17) is 9.15 Å². The van der Waals surface area contributed by atoms with Gasteiger partial charge in [-0.2, -0.15) is 9.38 Å². The van der Waals surface area contributed by atoms with E-state index in [2.05, 4.69) is 4.98 Å². The van der Waals surface area contributed by atoms with Gasteiger partial charge in [-0.15, -0.1) is 0 Å². The monoisotopic (exact) mass is 329 g/mol. The van der Waals surface area contributed by atoms with E-state index in [1.165, 1.54) is 27.9 Å². The van der Waals surface area contributed by atoms with Crippen molar-refractivity contribution in [3.05, 3.63) is 62.4 Å². The molecule has 0 saturated carbocycles. The van der Waals surface area contributed by atoms with Crippen molar-refractivity contribution in [2.75, 3.05) is 0 Å². The van der Waals surface area contributed by atoms with Crippen molar-refractivity contribution in [1.29, 1.82) is 0 Å². The zero-order chi connectivity index (χ0) is 16.0. The molecule has 0 aliphatic heterocycles. The summed E-state index contributed by atoms with van der Waals surface area (Å²) >= 11 is 1.26. The number of fused-ring (bicyclic) bond motifs is 2. The van der Waals surface area contributed by atoms with E-state index >= 15 is 0 Å². The molecule has 4 aromatic rings. The van der Waals surface area contributed by atoms with Crippen molar-refractivity contribution in [1.82, 2.24) is 9.38 Å². The molecule has 4 rings (SSSR count). The van der Waals surface area contributed by atoms with Gasteiger partial charge < -0.3 is 19.3 Å². The number of benzene rings is 1. The predicted molar refractivity (Wildman–Crippen MR) is 82.3 cm³/mol. The third kappa shape index (κ3) is 2.23. The number of ether oxygens (including phenoxy) is 1. The Hall–Kier alpha value is -3.20. The topological polar surface area (TPSA) is 99.9 Å². The Morgan fingerprint density at radius 1 is 1.30 bits per heavy atom. The zero-order valence-corrected chi connectivity index (χ0v) is 12.1. The van der Waals surface area contributed by atoms with E-state index in [0.29, 0.717) is 16.3 Å². The number of hydrogen-bond acceptors (Lipinski definition) is 7. The van der Waals surface area contributed by atoms with Gasteiger partial charge in [-0.05, 0) is 23.1 Å². The lowest BCUT2D eigenvalue weighted by atomic mass is 10.2. The summed E-state index contributed by atoms with van der Waals surface area (Å²) in [6, 6.07) is 7.75. The van der Waals surface area contributed by atoms with E-state index in [-0.39, 0.29) is 11.7 Å². The predicted octanol–water partition coefficient (Wildman–Crippen LogP) is 3.20. The number of hydrogen-bond donors (Lipinski definition) is 0. The van der Waals surface area contributed by atoms with Crippen molar-refractivity contribution in [2.45, 2.75) is 0 Å². The molecule has 9 heteroatoms. The fraction of sp³-hybridized carbons (Fsp3) is 0. The molecular formula is C14H7N3O5S. The smallest absolute Gasteiger partial charge is 0.393 e. The first-order valence-corrected chi connectivity index (χ1v) is 7.31. The summed E-state index contributed by atoms with van der Waals surface area (Å²) in [5.41, 5.74) is -0.151. The van der Waals surface area contributed by atoms with Gasteiger partial charge in [0.15, 0.2) is 0 Å². The Morgan fingerprint density at radius 2 is 2.13 bits per heavy atom. The standard InChI is InChI=1S/C14H7N3O5S/c18-11-4-2-8-1-3-9(7-10(8)22-11)21-12-13(17(19)20)16-5-6-23-14(16)15-12/h1-7H. The molecule has 114 valence electrons. The minimum atomic E-state index is -0.552. The summed E-state index contributed by atoms with van der Waals surface area (Å²) in [5.74, 6) is -0.0731. The summed E-state index contributed by atoms with van der Waals surface area (Å²) in [6.45, 7) is 0. The van der Waals surface area contributed by atoms with Crippen LogP contribution in [-0.4, -0.2) is 14.3 Å². The molecule has 0 aliphatic carbocycles. The van der Waals surface area contributed by atoms with Crippen LogP contribution in [0.15, 0.2) is 51.1 Å². The average Bonchev–Trinajstić information content (AvgIpc) is 3.06. The van der Waals surface area contributed by atoms with Gasteiger partial charge in [0.05, 0.1) is 0 Å². The molecule has 0 unspecified atom stereocenters. The largest absolute Gasteiger partial charge is 0.432 e. The number of thiazole rings is 1. The molecule has 0 spiro atoms. The second-order valence-corrected chi connectivity index (χ2v) is 5.48. The highest BCUT2D eigenvalue weighted by atomic mass is 32.1. The molecule has 3 heterocycles. The van der Waals surface area contributed by atoms with Crippen LogP contribution in [0.2, 0.25) is 0 Å². The van der Waals surface area contributed by atoms with Crippen LogP contribution in [0.25, 0.3) is 15.9 Å². The van der Waals surface area contributed by atoms with Gasteiger partial charge in [0.25, 0.3) is 4.96 Å². The average molecular weight is 329 g/mol. The number of imidazole rings is 1. The lowest BCUT2D eigenvalue weighted by molar-refractivity contribution is -0.391. The van der Waals surface area contributed by atoms with E-state index in [1.807, 2.05) is 0 Å². The van der Waals surface area contributed by atoms with Crippen LogP contribution in [-0.2, 0) is 0 Å². The van der Waals surface area contributed by atoms with Crippen LogP contribution in [0.4, 0.5) is 5.82 Å². The van der Waals surface area contributed by atoms with E-state index in [0.717, 1.165) is 5.39 Å². The minimum Gasteiger partial charge on any atom is -0.432 e. The molecule has 23 heavy (non-hydrogen) atoms. The Kier molecular flexibility index (Phi) is 2.88. The molecule has 0 radical (unpaired) electrons. The quantitative estimate of drug-likeness (QED) is 0.325. The summed E-state index contributed by atoms with van der Waals surface area (Å²) < 4.78 is 12.0. The van der Waals surface area contributed by atoms with Crippen molar-refractivity contribution in [3.8, 4) is 11.6 Å². The number of rotatable bonds is 3. The third-order valence-corrected chi connectivity index (χ3v) is 3.94. The molecule has 0 fully saturated rings. The lowest BCUT2D eigenvalue weighted by Gasteiger charge is -2.03. The Morgan fingerprint density at radius 3 is 2.96 bits per heavy atom. The normalized spacial score (nSPS) is 11.1. The van der Waals surface area contributed by atoms with Crippen LogP contribution < -0.4 is 10.4 Å². The molecule has 0 bridgehead atoms. The van der Waals surface area contributed by atoms with E-state index < -0.39 is 10.5 Å². The Labute approximate surface area is 131 Å². The molecule has 0 atom stereocenters. The molecule has 0 aliphatic rings. The summed E-state index contributed by atoms with van der Waals surface area (Å²) in [7, 11) is 0. The summed E-state index contributed by atoms with van der Waals surface area (Å²) in [6.07, 6.45) is 1.55. The van der Waals surface area contributed by atoms with Crippen molar-refractivity contribution in [2.24, 2.45) is 0 Å². The Balaban J connectivity index is 1.81. The van der Waals surface area contributed by atoms with Gasteiger partial charge in [-0.3, -0.25) is 0 Å². The first-order valence-electron chi connectivity index (χ1n) is 6.43. The first kappa shape index (κ1) is 13.5. The van der Waals surface area contributed by atoms with Crippen LogP contribution >= 0.6 is 11.3 Å².